The summed E-state index contributed by atoms with van der Waals surface area (Å²) in [5.41, 5.74) is 1.10. The summed E-state index contributed by atoms with van der Waals surface area (Å²) in [5.74, 6) is -0.188. The fourth-order valence-corrected chi connectivity index (χ4v) is 1.34. The van der Waals surface area contributed by atoms with Gasteiger partial charge in [-0.15, -0.1) is 0 Å². The van der Waals surface area contributed by atoms with Crippen LogP contribution in [0, 0.1) is 5.82 Å². The lowest BCUT2D eigenvalue weighted by atomic mass is 10.2. The van der Waals surface area contributed by atoms with E-state index in [1.54, 1.807) is 12.1 Å². The van der Waals surface area contributed by atoms with Gasteiger partial charge in [-0.2, -0.15) is 0 Å². The molecular formula is C12H11FIN. The zero-order valence-corrected chi connectivity index (χ0v) is 10.3. The molecule has 1 aromatic carbocycles. The Balaban J connectivity index is 0.00000112. The van der Waals surface area contributed by atoms with Crippen LogP contribution < -0.4 is 28.5 Å². The largest absolute Gasteiger partial charge is 1.00 e. The molecule has 0 unspecified atom stereocenters. The molecule has 0 spiro atoms. The number of halogens is 2. The Morgan fingerprint density at radius 1 is 0.933 bits per heavy atom. The van der Waals surface area contributed by atoms with Gasteiger partial charge in [0.25, 0.3) is 0 Å². The Hall–Kier alpha value is -0.970. The first-order valence-corrected chi connectivity index (χ1v) is 4.53. The highest BCUT2D eigenvalue weighted by Gasteiger charge is 2.00. The van der Waals surface area contributed by atoms with Gasteiger partial charge in [0, 0.05) is 17.7 Å². The maximum atomic E-state index is 12.6. The van der Waals surface area contributed by atoms with E-state index in [4.69, 9.17) is 0 Å². The Labute approximate surface area is 106 Å². The molecule has 15 heavy (non-hydrogen) atoms. The summed E-state index contributed by atoms with van der Waals surface area (Å²) < 4.78 is 14.7. The zero-order chi connectivity index (χ0) is 9.80. The first-order chi connectivity index (χ1) is 6.84. The highest BCUT2D eigenvalue weighted by Crippen LogP contribution is 2.01. The fraction of sp³-hybridized carbons (Fsp3) is 0.0833. The number of nitrogens with zero attached hydrogens (tertiary/aromatic N) is 1. The molecule has 0 fully saturated rings. The first kappa shape index (κ1) is 12.1. The summed E-state index contributed by atoms with van der Waals surface area (Å²) in [6.07, 6.45) is 3.98. The first-order valence-electron chi connectivity index (χ1n) is 4.53. The third kappa shape index (κ3) is 3.58. The zero-order valence-electron chi connectivity index (χ0n) is 8.11. The summed E-state index contributed by atoms with van der Waals surface area (Å²) >= 11 is 0. The lowest BCUT2D eigenvalue weighted by molar-refractivity contribution is -0.688. The van der Waals surface area contributed by atoms with Crippen molar-refractivity contribution in [2.45, 2.75) is 6.54 Å². The van der Waals surface area contributed by atoms with Crippen LogP contribution in [0.25, 0.3) is 0 Å². The van der Waals surface area contributed by atoms with Gasteiger partial charge in [-0.25, -0.2) is 8.96 Å². The van der Waals surface area contributed by atoms with E-state index in [9.17, 15) is 4.39 Å². The van der Waals surface area contributed by atoms with Gasteiger partial charge in [0.2, 0.25) is 0 Å². The van der Waals surface area contributed by atoms with Crippen LogP contribution in [0.15, 0.2) is 54.9 Å². The molecule has 0 aliphatic rings. The summed E-state index contributed by atoms with van der Waals surface area (Å²) in [5, 5.41) is 0. The van der Waals surface area contributed by atoms with Gasteiger partial charge in [0.15, 0.2) is 18.9 Å². The van der Waals surface area contributed by atoms with E-state index >= 15 is 0 Å². The molecule has 0 saturated heterocycles. The monoisotopic (exact) mass is 315 g/mol. The third-order valence-electron chi connectivity index (χ3n) is 2.06. The second-order valence-corrected chi connectivity index (χ2v) is 3.17. The van der Waals surface area contributed by atoms with Gasteiger partial charge in [0.05, 0.1) is 0 Å². The predicted octanol–water partition coefficient (Wildman–Crippen LogP) is -0.834. The average molecular weight is 315 g/mol. The summed E-state index contributed by atoms with van der Waals surface area (Å²) in [6.45, 7) is 0.779. The molecule has 0 saturated carbocycles. The number of hydrogen-bond acceptors (Lipinski definition) is 0. The SMILES string of the molecule is Fc1ccc(C[n+]2ccccc2)cc1.[I-]. The van der Waals surface area contributed by atoms with E-state index in [1.807, 2.05) is 35.2 Å². The molecule has 1 heterocycles. The molecule has 3 heteroatoms. The molecule has 1 aromatic heterocycles. The van der Waals surface area contributed by atoms with E-state index in [1.165, 1.54) is 12.1 Å². The van der Waals surface area contributed by atoms with Crippen LogP contribution in [0.5, 0.6) is 0 Å². The molecule has 0 N–H and O–H groups in total. The molecule has 0 bridgehead atoms. The van der Waals surface area contributed by atoms with Crippen LogP contribution in [0.4, 0.5) is 4.39 Å². The second kappa shape index (κ2) is 5.80. The van der Waals surface area contributed by atoms with Crippen molar-refractivity contribution in [3.8, 4) is 0 Å². The maximum absolute atomic E-state index is 12.6. The lowest BCUT2D eigenvalue weighted by Gasteiger charge is -1.96. The minimum atomic E-state index is -0.188. The highest BCUT2D eigenvalue weighted by atomic mass is 127. The minimum Gasteiger partial charge on any atom is -1.00 e. The molecule has 2 aromatic rings. The van der Waals surface area contributed by atoms with Gasteiger partial charge < -0.3 is 24.0 Å². The van der Waals surface area contributed by atoms with Gasteiger partial charge in [0.1, 0.15) is 5.82 Å². The molecule has 1 nitrogen and oxygen atoms in total. The van der Waals surface area contributed by atoms with Crippen molar-refractivity contribution in [1.29, 1.82) is 0 Å². The Morgan fingerprint density at radius 3 is 2.13 bits per heavy atom. The number of hydrogen-bond donors (Lipinski definition) is 0. The number of aromatic nitrogens is 1. The smallest absolute Gasteiger partial charge is 0.173 e. The van der Waals surface area contributed by atoms with Crippen LogP contribution in [0.2, 0.25) is 0 Å². The van der Waals surface area contributed by atoms with E-state index in [2.05, 4.69) is 0 Å². The summed E-state index contributed by atoms with van der Waals surface area (Å²) in [4.78, 5) is 0. The molecule has 0 aliphatic heterocycles. The highest BCUT2D eigenvalue weighted by molar-refractivity contribution is 5.14. The normalized spacial score (nSPS) is 9.40. The molecule has 0 aliphatic carbocycles. The van der Waals surface area contributed by atoms with Crippen molar-refractivity contribution < 1.29 is 32.9 Å². The van der Waals surface area contributed by atoms with Crippen molar-refractivity contribution in [1.82, 2.24) is 0 Å². The van der Waals surface area contributed by atoms with Crippen molar-refractivity contribution in [2.75, 3.05) is 0 Å². The Morgan fingerprint density at radius 2 is 1.53 bits per heavy atom. The summed E-state index contributed by atoms with van der Waals surface area (Å²) in [6, 6.07) is 12.5. The lowest BCUT2D eigenvalue weighted by Crippen LogP contribution is -3.00. The molecule has 0 radical (unpaired) electrons. The molecule has 2 rings (SSSR count). The van der Waals surface area contributed by atoms with E-state index in [0.717, 1.165) is 12.1 Å². The van der Waals surface area contributed by atoms with Gasteiger partial charge in [-0.05, 0) is 24.3 Å². The quantitative estimate of drug-likeness (QED) is 0.503. The number of benzene rings is 1. The van der Waals surface area contributed by atoms with Crippen molar-refractivity contribution in [3.63, 3.8) is 0 Å². The van der Waals surface area contributed by atoms with Crippen molar-refractivity contribution >= 4 is 0 Å². The van der Waals surface area contributed by atoms with Crippen LogP contribution in [0.3, 0.4) is 0 Å². The van der Waals surface area contributed by atoms with E-state index in [-0.39, 0.29) is 29.8 Å². The van der Waals surface area contributed by atoms with Crippen LogP contribution in [0.1, 0.15) is 5.56 Å². The topological polar surface area (TPSA) is 3.88 Å². The van der Waals surface area contributed by atoms with E-state index < -0.39 is 0 Å². The summed E-state index contributed by atoms with van der Waals surface area (Å²) in [7, 11) is 0. The van der Waals surface area contributed by atoms with Gasteiger partial charge in [-0.3, -0.25) is 0 Å². The van der Waals surface area contributed by atoms with Crippen molar-refractivity contribution in [2.24, 2.45) is 0 Å². The van der Waals surface area contributed by atoms with Gasteiger partial charge in [-0.1, -0.05) is 6.07 Å². The molecular weight excluding hydrogens is 304 g/mol. The molecule has 0 amide bonds. The average Bonchev–Trinajstić information content (AvgIpc) is 2.23. The Kier molecular flexibility index (Phi) is 4.68. The molecule has 0 atom stereocenters. The molecule has 78 valence electrons. The third-order valence-corrected chi connectivity index (χ3v) is 2.06. The predicted molar refractivity (Wildman–Crippen MR) is 52.1 cm³/mol. The minimum absolute atomic E-state index is 0. The van der Waals surface area contributed by atoms with Crippen molar-refractivity contribution in [3.05, 3.63) is 66.2 Å². The maximum Gasteiger partial charge on any atom is 0.173 e. The standard InChI is InChI=1S/C12H11FN.HI/c13-12-6-4-11(5-7-12)10-14-8-2-1-3-9-14;/h1-9H,10H2;1H/q+1;/p-1. The Bertz CT molecular complexity index is 400. The van der Waals surface area contributed by atoms with E-state index in [0.29, 0.717) is 0 Å². The van der Waals surface area contributed by atoms with Crippen LogP contribution in [-0.2, 0) is 6.54 Å². The van der Waals surface area contributed by atoms with Crippen LogP contribution >= 0.6 is 0 Å². The number of pyridine rings is 1. The van der Waals surface area contributed by atoms with Crippen LogP contribution in [-0.4, -0.2) is 0 Å². The number of rotatable bonds is 2. The van der Waals surface area contributed by atoms with Gasteiger partial charge >= 0.3 is 0 Å². The fourth-order valence-electron chi connectivity index (χ4n) is 1.34. The second-order valence-electron chi connectivity index (χ2n) is 3.17.